The smallest absolute Gasteiger partial charge is 0.0950 e. The number of rotatable bonds is 3. The van der Waals surface area contributed by atoms with Crippen LogP contribution >= 0.6 is 0 Å². The topological polar surface area (TPSA) is 29.4 Å². The minimum atomic E-state index is 0.0546. The Morgan fingerprint density at radius 3 is 2.60 bits per heavy atom. The number of hydrogen-bond donors (Lipinski definition) is 0. The van der Waals surface area contributed by atoms with Crippen molar-refractivity contribution in [1.29, 1.82) is 0 Å². The minimum Gasteiger partial charge on any atom is -0.151 e. The Balaban J connectivity index is 2.00. The monoisotopic (exact) mass is 203 g/mol. The summed E-state index contributed by atoms with van der Waals surface area (Å²) in [7, 11) is 0. The fourth-order valence-electron chi connectivity index (χ4n) is 2.48. The van der Waals surface area contributed by atoms with Gasteiger partial charge in [-0.05, 0) is 30.7 Å². The van der Waals surface area contributed by atoms with E-state index in [2.05, 4.69) is 29.4 Å². The van der Waals surface area contributed by atoms with E-state index in [-0.39, 0.29) is 6.04 Å². The van der Waals surface area contributed by atoms with Crippen LogP contribution in [0.1, 0.15) is 31.2 Å². The molecule has 0 radical (unpaired) electrons. The van der Waals surface area contributed by atoms with E-state index >= 15 is 0 Å². The zero-order chi connectivity index (χ0) is 10.5. The standard InChI is InChI=1S/C13H17NO/c15-14-13-9-5-4-8-12(13)10-11-6-2-1-3-7-11/h1-3,6-7,12-13H,4-5,8-10H2. The first-order chi connectivity index (χ1) is 7.40. The van der Waals surface area contributed by atoms with Gasteiger partial charge in [-0.25, -0.2) is 0 Å². The maximum absolute atomic E-state index is 10.7. The maximum Gasteiger partial charge on any atom is 0.0950 e. The highest BCUT2D eigenvalue weighted by Gasteiger charge is 2.25. The zero-order valence-corrected chi connectivity index (χ0v) is 8.93. The molecule has 0 N–H and O–H groups in total. The van der Waals surface area contributed by atoms with E-state index in [4.69, 9.17) is 0 Å². The molecule has 0 bridgehead atoms. The molecule has 2 heteroatoms. The fraction of sp³-hybridized carbons (Fsp3) is 0.538. The van der Waals surface area contributed by atoms with Crippen molar-refractivity contribution in [3.63, 3.8) is 0 Å². The Morgan fingerprint density at radius 2 is 1.87 bits per heavy atom. The molecule has 0 aromatic heterocycles. The van der Waals surface area contributed by atoms with Crippen molar-refractivity contribution in [2.75, 3.05) is 0 Å². The highest BCUT2D eigenvalue weighted by atomic mass is 16.3. The maximum atomic E-state index is 10.7. The van der Waals surface area contributed by atoms with Crippen molar-refractivity contribution in [2.24, 2.45) is 11.1 Å². The third-order valence-corrected chi connectivity index (χ3v) is 3.35. The molecule has 2 unspecified atom stereocenters. The molecule has 15 heavy (non-hydrogen) atoms. The Morgan fingerprint density at radius 1 is 1.13 bits per heavy atom. The van der Waals surface area contributed by atoms with E-state index in [1.54, 1.807) is 0 Å². The van der Waals surface area contributed by atoms with Gasteiger partial charge in [0.05, 0.1) is 6.04 Å². The second kappa shape index (κ2) is 5.06. The van der Waals surface area contributed by atoms with Crippen LogP contribution in [-0.4, -0.2) is 6.04 Å². The number of nitroso groups, excluding NO2 is 1. The quantitative estimate of drug-likeness (QED) is 0.691. The molecule has 80 valence electrons. The molecule has 2 nitrogen and oxygen atoms in total. The highest BCUT2D eigenvalue weighted by Crippen LogP contribution is 2.29. The Kier molecular flexibility index (Phi) is 3.49. The van der Waals surface area contributed by atoms with E-state index < -0.39 is 0 Å². The van der Waals surface area contributed by atoms with Crippen molar-refractivity contribution in [1.82, 2.24) is 0 Å². The van der Waals surface area contributed by atoms with Crippen molar-refractivity contribution < 1.29 is 0 Å². The summed E-state index contributed by atoms with van der Waals surface area (Å²) in [5.41, 5.74) is 1.33. The molecule has 1 saturated carbocycles. The molecule has 2 atom stereocenters. The van der Waals surface area contributed by atoms with E-state index in [0.29, 0.717) is 5.92 Å². The first-order valence-electron chi connectivity index (χ1n) is 5.76. The Hall–Kier alpha value is -1.18. The second-order valence-electron chi connectivity index (χ2n) is 4.41. The van der Waals surface area contributed by atoms with Crippen molar-refractivity contribution in [2.45, 2.75) is 38.1 Å². The zero-order valence-electron chi connectivity index (χ0n) is 8.93. The SMILES string of the molecule is O=NC1CCCCC1Cc1ccccc1. The Bertz CT molecular complexity index is 310. The van der Waals surface area contributed by atoms with Gasteiger partial charge in [0.1, 0.15) is 0 Å². The molecule has 0 aliphatic heterocycles. The highest BCUT2D eigenvalue weighted by molar-refractivity contribution is 5.15. The first kappa shape index (κ1) is 10.3. The summed E-state index contributed by atoms with van der Waals surface area (Å²) in [6.45, 7) is 0. The normalized spacial score (nSPS) is 26.1. The van der Waals surface area contributed by atoms with Crippen LogP contribution in [0.15, 0.2) is 35.5 Å². The van der Waals surface area contributed by atoms with Crippen LogP contribution in [0, 0.1) is 10.8 Å². The average molecular weight is 203 g/mol. The predicted octanol–water partition coefficient (Wildman–Crippen LogP) is 3.55. The van der Waals surface area contributed by atoms with E-state index in [1.807, 2.05) is 6.07 Å². The molecule has 1 fully saturated rings. The lowest BCUT2D eigenvalue weighted by molar-refractivity contribution is 0.306. The molecule has 0 heterocycles. The van der Waals surface area contributed by atoms with Gasteiger partial charge in [0.15, 0.2) is 0 Å². The summed E-state index contributed by atoms with van der Waals surface area (Å²) in [6, 6.07) is 10.5. The van der Waals surface area contributed by atoms with Crippen LogP contribution in [-0.2, 0) is 6.42 Å². The second-order valence-corrected chi connectivity index (χ2v) is 4.41. The molecule has 0 amide bonds. The molecule has 0 spiro atoms. The van der Waals surface area contributed by atoms with Gasteiger partial charge in [-0.1, -0.05) is 48.4 Å². The van der Waals surface area contributed by atoms with Crippen molar-refractivity contribution >= 4 is 0 Å². The van der Waals surface area contributed by atoms with E-state index in [1.165, 1.54) is 18.4 Å². The fourth-order valence-corrected chi connectivity index (χ4v) is 2.48. The molecular weight excluding hydrogens is 186 g/mol. The van der Waals surface area contributed by atoms with Crippen LogP contribution in [0.25, 0.3) is 0 Å². The van der Waals surface area contributed by atoms with Crippen molar-refractivity contribution in [3.8, 4) is 0 Å². The van der Waals surface area contributed by atoms with Crippen LogP contribution < -0.4 is 0 Å². The lowest BCUT2D eigenvalue weighted by atomic mass is 9.81. The van der Waals surface area contributed by atoms with Crippen LogP contribution in [0.2, 0.25) is 0 Å². The summed E-state index contributed by atoms with van der Waals surface area (Å²) >= 11 is 0. The first-order valence-corrected chi connectivity index (χ1v) is 5.76. The van der Waals surface area contributed by atoms with Gasteiger partial charge >= 0.3 is 0 Å². The van der Waals surface area contributed by atoms with Gasteiger partial charge in [-0.3, -0.25) is 0 Å². The van der Waals surface area contributed by atoms with Gasteiger partial charge in [0, 0.05) is 0 Å². The van der Waals surface area contributed by atoms with Crippen LogP contribution in [0.3, 0.4) is 0 Å². The van der Waals surface area contributed by atoms with Gasteiger partial charge in [0.2, 0.25) is 0 Å². The number of hydrogen-bond acceptors (Lipinski definition) is 2. The van der Waals surface area contributed by atoms with Crippen LogP contribution in [0.5, 0.6) is 0 Å². The molecular formula is C13H17NO. The largest absolute Gasteiger partial charge is 0.151 e. The lowest BCUT2D eigenvalue weighted by Crippen LogP contribution is -2.24. The van der Waals surface area contributed by atoms with E-state index in [0.717, 1.165) is 19.3 Å². The Labute approximate surface area is 90.7 Å². The summed E-state index contributed by atoms with van der Waals surface area (Å²) in [6.07, 6.45) is 5.58. The third kappa shape index (κ3) is 2.65. The van der Waals surface area contributed by atoms with Gasteiger partial charge < -0.3 is 0 Å². The van der Waals surface area contributed by atoms with Gasteiger partial charge in [-0.15, -0.1) is 0 Å². The number of benzene rings is 1. The van der Waals surface area contributed by atoms with Gasteiger partial charge in [-0.2, -0.15) is 4.91 Å². The average Bonchev–Trinajstić information content (AvgIpc) is 2.31. The summed E-state index contributed by atoms with van der Waals surface area (Å²) < 4.78 is 0. The van der Waals surface area contributed by atoms with Crippen LogP contribution in [0.4, 0.5) is 0 Å². The van der Waals surface area contributed by atoms with Crippen molar-refractivity contribution in [3.05, 3.63) is 40.8 Å². The molecule has 1 aliphatic carbocycles. The molecule has 1 aliphatic rings. The molecule has 0 saturated heterocycles. The van der Waals surface area contributed by atoms with Gasteiger partial charge in [0.25, 0.3) is 0 Å². The minimum absolute atomic E-state index is 0.0546. The predicted molar refractivity (Wildman–Crippen MR) is 61.7 cm³/mol. The third-order valence-electron chi connectivity index (χ3n) is 3.35. The lowest BCUT2D eigenvalue weighted by Gasteiger charge is -2.26. The molecule has 1 aromatic rings. The summed E-state index contributed by atoms with van der Waals surface area (Å²) in [4.78, 5) is 10.7. The summed E-state index contributed by atoms with van der Waals surface area (Å²) in [5, 5.41) is 3.28. The molecule has 2 rings (SSSR count). The molecule has 1 aromatic carbocycles. The van der Waals surface area contributed by atoms with E-state index in [9.17, 15) is 4.91 Å². The number of nitrogens with zero attached hydrogens (tertiary/aromatic N) is 1. The summed E-state index contributed by atoms with van der Waals surface area (Å²) in [5.74, 6) is 0.471.